The number of ketones is 1. The predicted octanol–water partition coefficient (Wildman–Crippen LogP) is 3.34. The van der Waals surface area contributed by atoms with Crippen molar-refractivity contribution in [3.05, 3.63) is 33.8 Å². The second-order valence-electron chi connectivity index (χ2n) is 2.84. The van der Waals surface area contributed by atoms with Crippen LogP contribution >= 0.6 is 23.2 Å². The van der Waals surface area contributed by atoms with Gasteiger partial charge in [0.1, 0.15) is 5.92 Å². The third-order valence-corrected chi connectivity index (χ3v) is 2.35. The summed E-state index contributed by atoms with van der Waals surface area (Å²) in [6.07, 6.45) is 0. The average molecular weight is 228 g/mol. The molecule has 0 aliphatic rings. The predicted molar refractivity (Wildman–Crippen MR) is 55.6 cm³/mol. The Kier molecular flexibility index (Phi) is 3.51. The van der Waals surface area contributed by atoms with Gasteiger partial charge < -0.3 is 0 Å². The van der Waals surface area contributed by atoms with Crippen molar-refractivity contribution in [1.82, 2.24) is 0 Å². The van der Waals surface area contributed by atoms with Crippen LogP contribution in [0, 0.1) is 17.2 Å². The maximum absolute atomic E-state index is 11.6. The van der Waals surface area contributed by atoms with E-state index in [1.807, 2.05) is 6.07 Å². The summed E-state index contributed by atoms with van der Waals surface area (Å²) >= 11 is 11.5. The number of hydrogen-bond acceptors (Lipinski definition) is 2. The second kappa shape index (κ2) is 4.45. The third-order valence-electron chi connectivity index (χ3n) is 1.78. The summed E-state index contributed by atoms with van der Waals surface area (Å²) in [7, 11) is 0. The fraction of sp³-hybridized carbons (Fsp3) is 0.200. The Hall–Kier alpha value is -1.04. The Morgan fingerprint density at radius 2 is 2.14 bits per heavy atom. The van der Waals surface area contributed by atoms with Gasteiger partial charge in [-0.15, -0.1) is 0 Å². The number of carbonyl (C=O) groups is 1. The Morgan fingerprint density at radius 3 is 2.71 bits per heavy atom. The van der Waals surface area contributed by atoms with Gasteiger partial charge >= 0.3 is 0 Å². The molecule has 1 unspecified atom stereocenters. The monoisotopic (exact) mass is 227 g/mol. The number of benzene rings is 1. The summed E-state index contributed by atoms with van der Waals surface area (Å²) in [6.45, 7) is 1.53. The summed E-state index contributed by atoms with van der Waals surface area (Å²) in [6, 6.07) is 6.47. The van der Waals surface area contributed by atoms with E-state index in [1.54, 1.807) is 12.1 Å². The van der Waals surface area contributed by atoms with Crippen molar-refractivity contribution in [2.45, 2.75) is 6.92 Å². The number of carbonyl (C=O) groups excluding carboxylic acids is 1. The first-order chi connectivity index (χ1) is 6.56. The molecule has 0 amide bonds. The Labute approximate surface area is 92.1 Å². The van der Waals surface area contributed by atoms with Gasteiger partial charge in [-0.2, -0.15) is 5.26 Å². The number of hydrogen-bond donors (Lipinski definition) is 0. The van der Waals surface area contributed by atoms with Gasteiger partial charge in [-0.25, -0.2) is 0 Å². The van der Waals surface area contributed by atoms with E-state index in [0.717, 1.165) is 0 Å². The van der Waals surface area contributed by atoms with Crippen LogP contribution in [0.25, 0.3) is 0 Å². The van der Waals surface area contributed by atoms with Gasteiger partial charge in [-0.05, 0) is 25.1 Å². The molecule has 0 fully saturated rings. The molecule has 0 bridgehead atoms. The number of Topliss-reactive ketones (excluding diaryl/α,β-unsaturated/α-hetero) is 1. The molecule has 0 radical (unpaired) electrons. The molecule has 0 heterocycles. The minimum atomic E-state index is -0.703. The smallest absolute Gasteiger partial charge is 0.181 e. The molecule has 0 spiro atoms. The van der Waals surface area contributed by atoms with Gasteiger partial charge in [0.05, 0.1) is 11.1 Å². The summed E-state index contributed by atoms with van der Waals surface area (Å²) < 4.78 is 0. The lowest BCUT2D eigenvalue weighted by Gasteiger charge is -2.04. The van der Waals surface area contributed by atoms with Gasteiger partial charge in [-0.1, -0.05) is 23.2 Å². The Bertz CT molecular complexity index is 409. The fourth-order valence-corrected chi connectivity index (χ4v) is 1.36. The lowest BCUT2D eigenvalue weighted by atomic mass is 10.0. The topological polar surface area (TPSA) is 40.9 Å². The second-order valence-corrected chi connectivity index (χ2v) is 3.68. The number of rotatable bonds is 2. The maximum atomic E-state index is 11.6. The van der Waals surface area contributed by atoms with E-state index in [-0.39, 0.29) is 5.78 Å². The molecule has 14 heavy (non-hydrogen) atoms. The molecular formula is C10H7Cl2NO. The first-order valence-electron chi connectivity index (χ1n) is 3.95. The van der Waals surface area contributed by atoms with Crippen LogP contribution in [0.4, 0.5) is 0 Å². The van der Waals surface area contributed by atoms with Crippen LogP contribution in [0.5, 0.6) is 0 Å². The Balaban J connectivity index is 3.14. The minimum absolute atomic E-state index is 0.299. The van der Waals surface area contributed by atoms with Crippen molar-refractivity contribution >= 4 is 29.0 Å². The highest BCUT2D eigenvalue weighted by Crippen LogP contribution is 2.23. The Morgan fingerprint density at radius 1 is 1.50 bits per heavy atom. The molecule has 1 atom stereocenters. The quantitative estimate of drug-likeness (QED) is 0.728. The number of nitrogens with zero attached hydrogens (tertiary/aromatic N) is 1. The molecule has 72 valence electrons. The van der Waals surface area contributed by atoms with Crippen LogP contribution in [-0.4, -0.2) is 5.78 Å². The number of nitriles is 1. The molecule has 4 heteroatoms. The van der Waals surface area contributed by atoms with Crippen molar-refractivity contribution in [2.24, 2.45) is 5.92 Å². The van der Waals surface area contributed by atoms with Gasteiger partial charge in [-0.3, -0.25) is 4.79 Å². The van der Waals surface area contributed by atoms with Gasteiger partial charge in [0.25, 0.3) is 0 Å². The van der Waals surface area contributed by atoms with Crippen molar-refractivity contribution < 1.29 is 4.79 Å². The van der Waals surface area contributed by atoms with E-state index in [9.17, 15) is 4.79 Å². The van der Waals surface area contributed by atoms with E-state index in [0.29, 0.717) is 15.6 Å². The fourth-order valence-electron chi connectivity index (χ4n) is 0.978. The molecule has 1 aromatic rings. The largest absolute Gasteiger partial charge is 0.293 e. The van der Waals surface area contributed by atoms with Crippen LogP contribution in [0.1, 0.15) is 17.3 Å². The van der Waals surface area contributed by atoms with Gasteiger partial charge in [0, 0.05) is 10.6 Å². The molecule has 1 rings (SSSR count). The normalized spacial score (nSPS) is 11.9. The van der Waals surface area contributed by atoms with Crippen molar-refractivity contribution in [3.8, 4) is 6.07 Å². The van der Waals surface area contributed by atoms with Crippen molar-refractivity contribution in [1.29, 1.82) is 5.26 Å². The van der Waals surface area contributed by atoms with Gasteiger partial charge in [0.15, 0.2) is 5.78 Å². The van der Waals surface area contributed by atoms with E-state index in [4.69, 9.17) is 28.5 Å². The van der Waals surface area contributed by atoms with E-state index in [1.165, 1.54) is 13.0 Å². The van der Waals surface area contributed by atoms with Gasteiger partial charge in [0.2, 0.25) is 0 Å². The summed E-state index contributed by atoms with van der Waals surface area (Å²) in [5.74, 6) is -1.01. The highest BCUT2D eigenvalue weighted by atomic mass is 35.5. The standard InChI is InChI=1S/C10H7Cl2NO/c1-6(5-13)10(14)8-4-7(11)2-3-9(8)12/h2-4,6H,1H3. The zero-order chi connectivity index (χ0) is 10.7. The lowest BCUT2D eigenvalue weighted by Crippen LogP contribution is -2.09. The van der Waals surface area contributed by atoms with Crippen molar-refractivity contribution in [2.75, 3.05) is 0 Å². The SMILES string of the molecule is CC(C#N)C(=O)c1cc(Cl)ccc1Cl. The molecule has 0 aliphatic carbocycles. The third kappa shape index (κ3) is 2.25. The molecule has 0 saturated carbocycles. The van der Waals surface area contributed by atoms with Crippen LogP contribution in [0.3, 0.4) is 0 Å². The minimum Gasteiger partial charge on any atom is -0.293 e. The highest BCUT2D eigenvalue weighted by molar-refractivity contribution is 6.36. The zero-order valence-corrected chi connectivity index (χ0v) is 8.93. The van der Waals surface area contributed by atoms with Crippen LogP contribution in [0.2, 0.25) is 10.0 Å². The summed E-state index contributed by atoms with van der Waals surface area (Å²) in [5, 5.41) is 9.33. The van der Waals surface area contributed by atoms with Crippen molar-refractivity contribution in [3.63, 3.8) is 0 Å². The first kappa shape index (κ1) is 11.0. The number of halogens is 2. The lowest BCUT2D eigenvalue weighted by molar-refractivity contribution is 0.0956. The molecule has 0 aromatic heterocycles. The summed E-state index contributed by atoms with van der Waals surface area (Å²) in [4.78, 5) is 11.6. The summed E-state index contributed by atoms with van der Waals surface area (Å²) in [5.41, 5.74) is 0.299. The molecule has 0 N–H and O–H groups in total. The highest BCUT2D eigenvalue weighted by Gasteiger charge is 2.17. The molecule has 0 saturated heterocycles. The zero-order valence-electron chi connectivity index (χ0n) is 7.42. The van der Waals surface area contributed by atoms with Crippen LogP contribution < -0.4 is 0 Å². The molecule has 2 nitrogen and oxygen atoms in total. The molecule has 1 aromatic carbocycles. The molecule has 0 aliphatic heterocycles. The van der Waals surface area contributed by atoms with E-state index < -0.39 is 5.92 Å². The van der Waals surface area contributed by atoms with Crippen LogP contribution in [0.15, 0.2) is 18.2 Å². The van der Waals surface area contributed by atoms with Crippen LogP contribution in [-0.2, 0) is 0 Å². The maximum Gasteiger partial charge on any atom is 0.181 e. The first-order valence-corrected chi connectivity index (χ1v) is 4.70. The van der Waals surface area contributed by atoms with E-state index in [2.05, 4.69) is 0 Å². The molecular weight excluding hydrogens is 221 g/mol. The average Bonchev–Trinajstić information content (AvgIpc) is 2.19. The van der Waals surface area contributed by atoms with E-state index >= 15 is 0 Å².